The first-order valence-electron chi connectivity index (χ1n) is 5.84. The molecule has 4 heteroatoms. The highest BCUT2D eigenvalue weighted by atomic mass is 35.5. The molecule has 0 unspecified atom stereocenters. The molecular weight excluding hydrogens is 254 g/mol. The van der Waals surface area contributed by atoms with Gasteiger partial charge in [-0.1, -0.05) is 18.2 Å². The van der Waals surface area contributed by atoms with Crippen molar-refractivity contribution >= 4 is 29.3 Å². The summed E-state index contributed by atoms with van der Waals surface area (Å²) in [5.74, 6) is 1.25. The predicted octanol–water partition coefficient (Wildman–Crippen LogP) is 3.01. The monoisotopic (exact) mass is 269 g/mol. The summed E-state index contributed by atoms with van der Waals surface area (Å²) in [6, 6.07) is 10.5. The zero-order valence-corrected chi connectivity index (χ0v) is 11.2. The van der Waals surface area contributed by atoms with Crippen LogP contribution >= 0.6 is 23.4 Å². The Hall–Kier alpha value is -0.670. The molecule has 1 aliphatic rings. The van der Waals surface area contributed by atoms with E-state index in [1.807, 2.05) is 35.2 Å². The maximum Gasteiger partial charge on any atom is 0.233 e. The highest BCUT2D eigenvalue weighted by molar-refractivity contribution is 8.00. The van der Waals surface area contributed by atoms with Gasteiger partial charge < -0.3 is 4.90 Å². The third kappa shape index (κ3) is 3.93. The van der Waals surface area contributed by atoms with Crippen LogP contribution in [0.25, 0.3) is 0 Å². The molecule has 0 radical (unpaired) electrons. The molecule has 1 saturated carbocycles. The number of hydrogen-bond acceptors (Lipinski definition) is 2. The van der Waals surface area contributed by atoms with Crippen molar-refractivity contribution in [3.05, 3.63) is 30.3 Å². The first-order valence-corrected chi connectivity index (χ1v) is 7.36. The van der Waals surface area contributed by atoms with Crippen molar-refractivity contribution in [3.63, 3.8) is 0 Å². The van der Waals surface area contributed by atoms with Crippen molar-refractivity contribution in [2.24, 2.45) is 0 Å². The number of rotatable bonds is 6. The Balaban J connectivity index is 1.83. The Morgan fingerprint density at radius 3 is 2.65 bits per heavy atom. The number of carbonyl (C=O) groups excluding carboxylic acids is 1. The molecule has 1 aromatic carbocycles. The minimum atomic E-state index is 0.210. The molecule has 0 heterocycles. The summed E-state index contributed by atoms with van der Waals surface area (Å²) >= 11 is 7.32. The molecule has 1 aromatic rings. The van der Waals surface area contributed by atoms with Crippen LogP contribution in [0, 0.1) is 0 Å². The SMILES string of the molecule is O=C(CSc1ccccc1)N(CCCl)C1CC1. The van der Waals surface area contributed by atoms with Gasteiger partial charge in [0.15, 0.2) is 0 Å². The maximum atomic E-state index is 12.0. The van der Waals surface area contributed by atoms with Crippen LogP contribution in [-0.4, -0.2) is 35.0 Å². The van der Waals surface area contributed by atoms with Gasteiger partial charge in [0, 0.05) is 23.4 Å². The highest BCUT2D eigenvalue weighted by Crippen LogP contribution is 2.28. The average molecular weight is 270 g/mol. The minimum absolute atomic E-state index is 0.210. The van der Waals surface area contributed by atoms with Gasteiger partial charge in [0.05, 0.1) is 5.75 Å². The molecule has 0 aromatic heterocycles. The van der Waals surface area contributed by atoms with E-state index in [1.165, 1.54) is 0 Å². The summed E-state index contributed by atoms with van der Waals surface area (Å²) in [6.45, 7) is 0.681. The third-order valence-corrected chi connectivity index (χ3v) is 3.90. The fourth-order valence-electron chi connectivity index (χ4n) is 1.73. The van der Waals surface area contributed by atoms with Crippen molar-refractivity contribution in [3.8, 4) is 0 Å². The topological polar surface area (TPSA) is 20.3 Å². The zero-order valence-electron chi connectivity index (χ0n) is 9.64. The molecule has 2 nitrogen and oxygen atoms in total. The molecule has 0 bridgehead atoms. The molecule has 0 atom stereocenters. The van der Waals surface area contributed by atoms with E-state index in [2.05, 4.69) is 0 Å². The number of amides is 1. The van der Waals surface area contributed by atoms with Gasteiger partial charge >= 0.3 is 0 Å². The Morgan fingerprint density at radius 2 is 2.06 bits per heavy atom. The van der Waals surface area contributed by atoms with E-state index in [0.29, 0.717) is 24.2 Å². The van der Waals surface area contributed by atoms with Gasteiger partial charge in [-0.15, -0.1) is 23.4 Å². The fourth-order valence-corrected chi connectivity index (χ4v) is 2.72. The number of nitrogens with zero attached hydrogens (tertiary/aromatic N) is 1. The molecule has 0 saturated heterocycles. The lowest BCUT2D eigenvalue weighted by atomic mass is 10.4. The number of benzene rings is 1. The number of carbonyl (C=O) groups is 1. The quantitative estimate of drug-likeness (QED) is 0.585. The second-order valence-corrected chi connectivity index (χ2v) is 5.54. The molecule has 0 spiro atoms. The highest BCUT2D eigenvalue weighted by Gasteiger charge is 2.31. The first-order chi connectivity index (χ1) is 8.31. The minimum Gasteiger partial charge on any atom is -0.338 e. The van der Waals surface area contributed by atoms with Crippen LogP contribution in [0.15, 0.2) is 35.2 Å². The summed E-state index contributed by atoms with van der Waals surface area (Å²) in [5, 5.41) is 0. The lowest BCUT2D eigenvalue weighted by Gasteiger charge is -2.20. The van der Waals surface area contributed by atoms with E-state index < -0.39 is 0 Å². The second kappa shape index (κ2) is 6.31. The Morgan fingerprint density at radius 1 is 1.35 bits per heavy atom. The van der Waals surface area contributed by atoms with Crippen LogP contribution in [0.3, 0.4) is 0 Å². The number of hydrogen-bond donors (Lipinski definition) is 0. The molecule has 2 rings (SSSR count). The Kier molecular flexibility index (Phi) is 4.75. The van der Waals surface area contributed by atoms with Gasteiger partial charge in [0.25, 0.3) is 0 Å². The Bertz CT molecular complexity index is 367. The van der Waals surface area contributed by atoms with Crippen molar-refractivity contribution < 1.29 is 4.79 Å². The lowest BCUT2D eigenvalue weighted by Crippen LogP contribution is -2.36. The van der Waals surface area contributed by atoms with Crippen molar-refractivity contribution in [2.75, 3.05) is 18.2 Å². The molecule has 17 heavy (non-hydrogen) atoms. The van der Waals surface area contributed by atoms with E-state index in [-0.39, 0.29) is 5.91 Å². The summed E-state index contributed by atoms with van der Waals surface area (Å²) in [6.07, 6.45) is 2.28. The van der Waals surface area contributed by atoms with Crippen molar-refractivity contribution in [2.45, 2.75) is 23.8 Å². The standard InChI is InChI=1S/C13H16ClNOS/c14-8-9-15(11-6-7-11)13(16)10-17-12-4-2-1-3-5-12/h1-5,11H,6-10H2. The van der Waals surface area contributed by atoms with Crippen molar-refractivity contribution in [1.82, 2.24) is 4.90 Å². The fraction of sp³-hybridized carbons (Fsp3) is 0.462. The molecule has 0 aliphatic heterocycles. The summed E-state index contributed by atoms with van der Waals surface area (Å²) in [5.41, 5.74) is 0. The van der Waals surface area contributed by atoms with Gasteiger partial charge in [0.1, 0.15) is 0 Å². The molecule has 1 fully saturated rings. The van der Waals surface area contributed by atoms with E-state index in [0.717, 1.165) is 17.7 Å². The zero-order chi connectivity index (χ0) is 12.1. The normalized spacial score (nSPS) is 14.6. The van der Waals surface area contributed by atoms with Gasteiger partial charge in [-0.05, 0) is 25.0 Å². The number of alkyl halides is 1. The average Bonchev–Trinajstić information content (AvgIpc) is 3.18. The second-order valence-electron chi connectivity index (χ2n) is 4.11. The van der Waals surface area contributed by atoms with Gasteiger partial charge in [-0.25, -0.2) is 0 Å². The van der Waals surface area contributed by atoms with E-state index in [1.54, 1.807) is 11.8 Å². The van der Waals surface area contributed by atoms with Crippen molar-refractivity contribution in [1.29, 1.82) is 0 Å². The largest absolute Gasteiger partial charge is 0.338 e. The third-order valence-electron chi connectivity index (χ3n) is 2.74. The van der Waals surface area contributed by atoms with E-state index in [4.69, 9.17) is 11.6 Å². The molecule has 92 valence electrons. The predicted molar refractivity (Wildman–Crippen MR) is 72.6 cm³/mol. The van der Waals surface area contributed by atoms with E-state index >= 15 is 0 Å². The maximum absolute atomic E-state index is 12.0. The summed E-state index contributed by atoms with van der Waals surface area (Å²) < 4.78 is 0. The summed E-state index contributed by atoms with van der Waals surface area (Å²) in [7, 11) is 0. The first kappa shape index (κ1) is 12.8. The summed E-state index contributed by atoms with van der Waals surface area (Å²) in [4.78, 5) is 15.1. The van der Waals surface area contributed by atoms with Gasteiger partial charge in [-0.2, -0.15) is 0 Å². The van der Waals surface area contributed by atoms with Crippen LogP contribution in [0.5, 0.6) is 0 Å². The lowest BCUT2D eigenvalue weighted by molar-refractivity contribution is -0.128. The smallest absolute Gasteiger partial charge is 0.233 e. The van der Waals surface area contributed by atoms with Gasteiger partial charge in [-0.3, -0.25) is 4.79 Å². The number of halogens is 1. The molecule has 0 N–H and O–H groups in total. The van der Waals surface area contributed by atoms with Crippen LogP contribution in [0.2, 0.25) is 0 Å². The van der Waals surface area contributed by atoms with Crippen LogP contribution in [-0.2, 0) is 4.79 Å². The molecule has 1 aliphatic carbocycles. The van der Waals surface area contributed by atoms with Crippen LogP contribution in [0.1, 0.15) is 12.8 Å². The van der Waals surface area contributed by atoms with Gasteiger partial charge in [0.2, 0.25) is 5.91 Å². The van der Waals surface area contributed by atoms with E-state index in [9.17, 15) is 4.79 Å². The van der Waals surface area contributed by atoms with Crippen LogP contribution in [0.4, 0.5) is 0 Å². The Labute approximate surface area is 111 Å². The molecular formula is C13H16ClNOS. The molecule has 1 amide bonds. The van der Waals surface area contributed by atoms with Crippen LogP contribution < -0.4 is 0 Å². The number of thioether (sulfide) groups is 1.